The van der Waals surface area contributed by atoms with E-state index in [4.69, 9.17) is 14.2 Å². The fourth-order valence-corrected chi connectivity index (χ4v) is 11.0. The second kappa shape index (κ2) is 6.63. The molecule has 14 atom stereocenters. The molecule has 196 valence electrons. The van der Waals surface area contributed by atoms with Gasteiger partial charge in [-0.3, -0.25) is 4.79 Å². The summed E-state index contributed by atoms with van der Waals surface area (Å²) in [5, 5.41) is 32.8. The number of carbonyl (C=O) groups is 1. The van der Waals surface area contributed by atoms with E-state index in [0.29, 0.717) is 25.7 Å². The third kappa shape index (κ3) is 2.49. The lowest BCUT2D eigenvalue weighted by molar-refractivity contribution is -0.291. The zero-order chi connectivity index (χ0) is 24.9. The first-order valence-electron chi connectivity index (χ1n) is 13.9. The van der Waals surface area contributed by atoms with Crippen molar-refractivity contribution >= 4 is 5.97 Å². The predicted molar refractivity (Wildman–Crippen MR) is 125 cm³/mol. The average Bonchev–Trinajstić information content (AvgIpc) is 3.35. The molecule has 0 aromatic carbocycles. The molecule has 3 aliphatic heterocycles. The van der Waals surface area contributed by atoms with Gasteiger partial charge in [-0.15, -0.1) is 0 Å². The SMILES string of the molecule is C[C@H]1C[C@]2(O[C@H]3C[C@H]4[C@@H]5CC[C@H]6C[C@H](O)[C@H](O)C[C@]6(C)[C@H]5[C@@H](O)C[C@@]45C(=O)O[C@]2(C)[C@@H]35)OC1(C)C. The number of fused-ring (bicyclic) bond motifs is 5. The van der Waals surface area contributed by atoms with Crippen molar-refractivity contribution in [1.82, 2.24) is 0 Å². The van der Waals surface area contributed by atoms with Crippen molar-refractivity contribution in [2.75, 3.05) is 0 Å². The number of rotatable bonds is 0. The Morgan fingerprint density at radius 2 is 1.66 bits per heavy atom. The van der Waals surface area contributed by atoms with Crippen LogP contribution >= 0.6 is 0 Å². The summed E-state index contributed by atoms with van der Waals surface area (Å²) in [6, 6.07) is 0. The van der Waals surface area contributed by atoms with E-state index in [0.717, 1.165) is 19.3 Å². The fraction of sp³-hybridized carbons (Fsp3) is 0.964. The van der Waals surface area contributed by atoms with Gasteiger partial charge in [-0.05, 0) is 94.3 Å². The van der Waals surface area contributed by atoms with E-state index >= 15 is 0 Å². The lowest BCUT2D eigenvalue weighted by atomic mass is 9.43. The molecule has 7 rings (SSSR count). The molecule has 0 aromatic rings. The molecule has 7 fully saturated rings. The Morgan fingerprint density at radius 3 is 2.34 bits per heavy atom. The van der Waals surface area contributed by atoms with Gasteiger partial charge in [0.25, 0.3) is 0 Å². The quantitative estimate of drug-likeness (QED) is 0.449. The lowest BCUT2D eigenvalue weighted by Gasteiger charge is -2.62. The number of aliphatic hydroxyl groups excluding tert-OH is 3. The summed E-state index contributed by atoms with van der Waals surface area (Å²) in [6.45, 7) is 10.6. The number of ether oxygens (including phenoxy) is 3. The minimum absolute atomic E-state index is 0.00755. The number of hydrogen-bond acceptors (Lipinski definition) is 7. The van der Waals surface area contributed by atoms with Crippen molar-refractivity contribution in [2.24, 2.45) is 46.3 Å². The van der Waals surface area contributed by atoms with E-state index in [1.54, 1.807) is 0 Å². The molecule has 35 heavy (non-hydrogen) atoms. The van der Waals surface area contributed by atoms with Gasteiger partial charge in [0.2, 0.25) is 5.79 Å². The van der Waals surface area contributed by atoms with Gasteiger partial charge in [0.15, 0.2) is 5.60 Å². The summed E-state index contributed by atoms with van der Waals surface area (Å²) in [5.74, 6) is -0.360. The maximum atomic E-state index is 14.0. The highest BCUT2D eigenvalue weighted by Crippen LogP contribution is 2.76. The Kier molecular flexibility index (Phi) is 4.43. The molecular weight excluding hydrogens is 448 g/mol. The average molecular weight is 491 g/mol. The van der Waals surface area contributed by atoms with Crippen LogP contribution in [-0.2, 0) is 19.0 Å². The van der Waals surface area contributed by atoms with Crippen molar-refractivity contribution in [2.45, 2.75) is 121 Å². The van der Waals surface area contributed by atoms with E-state index in [-0.39, 0.29) is 58.6 Å². The standard InChI is InChI=1S/C28H42O7/c1-13-10-28(35-24(13,2)3)26(5)22-20(33-28)9-16-15-7-6-14-8-17(29)18(30)11-25(14,4)21(15)19(31)12-27(16,22)23(32)34-26/h13-22,29-31H,6-12H2,1-5H3/t13-,14-,15-,16-,17-,18+,19-,20-,21+,22+,25-,26+,27+,28-/m0/s1. The number of esters is 1. The first-order valence-corrected chi connectivity index (χ1v) is 13.9. The predicted octanol–water partition coefficient (Wildman–Crippen LogP) is 2.78. The molecule has 4 saturated carbocycles. The lowest BCUT2D eigenvalue weighted by Crippen LogP contribution is -2.62. The van der Waals surface area contributed by atoms with Crippen LogP contribution in [0.4, 0.5) is 0 Å². The van der Waals surface area contributed by atoms with Crippen molar-refractivity contribution < 1.29 is 34.3 Å². The molecular formula is C28H42O7. The maximum absolute atomic E-state index is 14.0. The molecule has 2 spiro atoms. The molecule has 0 unspecified atom stereocenters. The van der Waals surface area contributed by atoms with Gasteiger partial charge in [0.05, 0.1) is 35.4 Å². The van der Waals surface area contributed by atoms with Crippen LogP contribution < -0.4 is 0 Å². The summed E-state index contributed by atoms with van der Waals surface area (Å²) in [6.07, 6.45) is 2.69. The molecule has 4 aliphatic carbocycles. The molecule has 7 heteroatoms. The van der Waals surface area contributed by atoms with Gasteiger partial charge in [-0.2, -0.15) is 0 Å². The molecule has 0 amide bonds. The molecule has 3 saturated heterocycles. The highest BCUT2D eigenvalue weighted by Gasteiger charge is 2.85. The summed E-state index contributed by atoms with van der Waals surface area (Å²) >= 11 is 0. The van der Waals surface area contributed by atoms with Gasteiger partial charge in [0, 0.05) is 12.3 Å². The van der Waals surface area contributed by atoms with Crippen LogP contribution in [0.5, 0.6) is 0 Å². The van der Waals surface area contributed by atoms with Gasteiger partial charge in [-0.1, -0.05) is 13.8 Å². The molecule has 3 heterocycles. The van der Waals surface area contributed by atoms with Crippen LogP contribution in [0.15, 0.2) is 0 Å². The second-order valence-electron chi connectivity index (χ2n) is 14.4. The monoisotopic (exact) mass is 490 g/mol. The molecule has 0 bridgehead atoms. The van der Waals surface area contributed by atoms with Crippen LogP contribution in [0.1, 0.15) is 79.6 Å². The van der Waals surface area contributed by atoms with Crippen LogP contribution in [0.2, 0.25) is 0 Å². The van der Waals surface area contributed by atoms with Gasteiger partial charge < -0.3 is 29.5 Å². The van der Waals surface area contributed by atoms with Gasteiger partial charge >= 0.3 is 5.97 Å². The van der Waals surface area contributed by atoms with Crippen molar-refractivity contribution in [1.29, 1.82) is 0 Å². The van der Waals surface area contributed by atoms with Crippen LogP contribution in [0, 0.1) is 46.3 Å². The van der Waals surface area contributed by atoms with E-state index in [1.807, 2.05) is 6.92 Å². The molecule has 7 nitrogen and oxygen atoms in total. The number of aliphatic hydroxyl groups is 3. The van der Waals surface area contributed by atoms with Gasteiger partial charge in [0.1, 0.15) is 0 Å². The van der Waals surface area contributed by atoms with Gasteiger partial charge in [-0.25, -0.2) is 0 Å². The Hall–Kier alpha value is -0.730. The molecule has 0 radical (unpaired) electrons. The molecule has 0 aromatic heterocycles. The molecule has 3 N–H and O–H groups in total. The Labute approximate surface area is 207 Å². The zero-order valence-corrected chi connectivity index (χ0v) is 21.7. The summed E-state index contributed by atoms with van der Waals surface area (Å²) < 4.78 is 19.8. The third-order valence-corrected chi connectivity index (χ3v) is 12.7. The third-order valence-electron chi connectivity index (χ3n) is 12.7. The zero-order valence-electron chi connectivity index (χ0n) is 21.7. The summed E-state index contributed by atoms with van der Waals surface area (Å²) in [4.78, 5) is 14.0. The highest BCUT2D eigenvalue weighted by molar-refractivity contribution is 5.83. The van der Waals surface area contributed by atoms with E-state index in [1.165, 1.54) is 0 Å². The first-order chi connectivity index (χ1) is 16.3. The fourth-order valence-electron chi connectivity index (χ4n) is 11.0. The largest absolute Gasteiger partial charge is 0.453 e. The van der Waals surface area contributed by atoms with E-state index < -0.39 is 35.1 Å². The molecule has 7 aliphatic rings. The van der Waals surface area contributed by atoms with E-state index in [9.17, 15) is 20.1 Å². The smallest absolute Gasteiger partial charge is 0.313 e. The van der Waals surface area contributed by atoms with Crippen molar-refractivity contribution in [3.63, 3.8) is 0 Å². The maximum Gasteiger partial charge on any atom is 0.313 e. The number of hydrogen-bond donors (Lipinski definition) is 3. The Morgan fingerprint density at radius 1 is 0.914 bits per heavy atom. The van der Waals surface area contributed by atoms with Crippen LogP contribution in [-0.4, -0.2) is 62.7 Å². The first kappa shape index (κ1) is 23.4. The second-order valence-corrected chi connectivity index (χ2v) is 14.4. The minimum atomic E-state index is -0.926. The minimum Gasteiger partial charge on any atom is -0.453 e. The van der Waals surface area contributed by atoms with Crippen molar-refractivity contribution in [3.8, 4) is 0 Å². The van der Waals surface area contributed by atoms with Crippen LogP contribution in [0.3, 0.4) is 0 Å². The Bertz CT molecular complexity index is 967. The van der Waals surface area contributed by atoms with Crippen molar-refractivity contribution in [3.05, 3.63) is 0 Å². The topological polar surface area (TPSA) is 105 Å². The Balaban J connectivity index is 1.27. The number of carbonyl (C=O) groups excluding carboxylic acids is 1. The normalized spacial score (nSPS) is 63.9. The van der Waals surface area contributed by atoms with Crippen LogP contribution in [0.25, 0.3) is 0 Å². The highest BCUT2D eigenvalue weighted by atomic mass is 16.8. The summed E-state index contributed by atoms with van der Waals surface area (Å²) in [7, 11) is 0. The summed E-state index contributed by atoms with van der Waals surface area (Å²) in [5.41, 5.74) is -2.20. The van der Waals surface area contributed by atoms with E-state index in [2.05, 4.69) is 27.7 Å².